The molecule has 2 aromatic carbocycles. The van der Waals surface area contributed by atoms with Crippen LogP contribution in [-0.4, -0.2) is 10.9 Å². The van der Waals surface area contributed by atoms with Crippen LogP contribution in [0.3, 0.4) is 0 Å². The summed E-state index contributed by atoms with van der Waals surface area (Å²) < 4.78 is 5.94. The van der Waals surface area contributed by atoms with E-state index in [4.69, 9.17) is 4.74 Å². The molecular formula is C25H34O2S. The number of rotatable bonds is 12. The molecule has 1 unspecified atom stereocenters. The van der Waals surface area contributed by atoms with E-state index in [1.54, 1.807) is 0 Å². The van der Waals surface area contributed by atoms with Gasteiger partial charge in [-0.15, -0.1) is 11.8 Å². The second-order valence-electron chi connectivity index (χ2n) is 7.77. The molecule has 1 aliphatic rings. The van der Waals surface area contributed by atoms with Crippen molar-refractivity contribution in [2.45, 2.75) is 82.1 Å². The Labute approximate surface area is 174 Å². The average Bonchev–Trinajstić information content (AvgIpc) is 2.72. The molecule has 0 aliphatic carbocycles. The third-order valence-corrected chi connectivity index (χ3v) is 6.56. The molecule has 2 nitrogen and oxygen atoms in total. The number of hydrogen-bond acceptors (Lipinski definition) is 3. The van der Waals surface area contributed by atoms with Gasteiger partial charge in [-0.3, -0.25) is 0 Å². The molecule has 3 rings (SSSR count). The van der Waals surface area contributed by atoms with Crippen LogP contribution in [0.2, 0.25) is 0 Å². The molecular weight excluding hydrogens is 364 g/mol. The minimum atomic E-state index is -0.599. The standard InChI is InChI=1S/C25H34O2S/c1-2-3-4-5-6-7-8-9-10-13-18-28-20-16-17-24-22(19-20)25(26)21-14-11-12-15-23(21)27-24/h11-12,14-17,19,25-26H,2-10,13,18H2,1H3. The maximum Gasteiger partial charge on any atom is 0.133 e. The van der Waals surface area contributed by atoms with Gasteiger partial charge in [-0.05, 0) is 36.4 Å². The first-order valence-electron chi connectivity index (χ1n) is 11.0. The van der Waals surface area contributed by atoms with Crippen molar-refractivity contribution >= 4 is 11.8 Å². The summed E-state index contributed by atoms with van der Waals surface area (Å²) in [6.45, 7) is 2.27. The number of aliphatic hydroxyl groups excluding tert-OH is 1. The fourth-order valence-electron chi connectivity index (χ4n) is 3.79. The second kappa shape index (κ2) is 11.5. The van der Waals surface area contributed by atoms with E-state index in [-0.39, 0.29) is 0 Å². The van der Waals surface area contributed by atoms with Crippen LogP contribution < -0.4 is 4.74 Å². The molecule has 0 fully saturated rings. The Bertz CT molecular complexity index is 728. The Balaban J connectivity index is 1.35. The van der Waals surface area contributed by atoms with Crippen LogP contribution in [-0.2, 0) is 0 Å². The first-order valence-corrected chi connectivity index (χ1v) is 12.0. The minimum Gasteiger partial charge on any atom is -0.457 e. The molecule has 1 atom stereocenters. The third kappa shape index (κ3) is 6.02. The van der Waals surface area contributed by atoms with Crippen molar-refractivity contribution in [3.05, 3.63) is 53.6 Å². The van der Waals surface area contributed by atoms with Crippen LogP contribution in [0.5, 0.6) is 11.5 Å². The monoisotopic (exact) mass is 398 g/mol. The quantitative estimate of drug-likeness (QED) is 0.291. The summed E-state index contributed by atoms with van der Waals surface area (Å²) >= 11 is 1.89. The normalized spacial score (nSPS) is 15.0. The topological polar surface area (TPSA) is 29.5 Å². The molecule has 28 heavy (non-hydrogen) atoms. The summed E-state index contributed by atoms with van der Waals surface area (Å²) in [5.74, 6) is 2.67. The summed E-state index contributed by atoms with van der Waals surface area (Å²) in [6, 6.07) is 13.9. The van der Waals surface area contributed by atoms with E-state index in [2.05, 4.69) is 19.1 Å². The zero-order valence-electron chi connectivity index (χ0n) is 17.2. The van der Waals surface area contributed by atoms with Gasteiger partial charge in [0.05, 0.1) is 0 Å². The highest BCUT2D eigenvalue weighted by Crippen LogP contribution is 2.43. The van der Waals surface area contributed by atoms with Gasteiger partial charge in [0.1, 0.15) is 17.6 Å². The summed E-state index contributed by atoms with van der Waals surface area (Å²) in [7, 11) is 0. The van der Waals surface area contributed by atoms with E-state index in [0.717, 1.165) is 28.4 Å². The van der Waals surface area contributed by atoms with Crippen LogP contribution in [0.4, 0.5) is 0 Å². The molecule has 1 N–H and O–H groups in total. The van der Waals surface area contributed by atoms with E-state index in [0.29, 0.717) is 0 Å². The van der Waals surface area contributed by atoms with Crippen LogP contribution in [0.25, 0.3) is 0 Å². The van der Waals surface area contributed by atoms with Crippen LogP contribution >= 0.6 is 11.8 Å². The Kier molecular flexibility index (Phi) is 8.75. The molecule has 0 saturated heterocycles. The highest BCUT2D eigenvalue weighted by atomic mass is 32.2. The smallest absolute Gasteiger partial charge is 0.133 e. The lowest BCUT2D eigenvalue weighted by Crippen LogP contribution is -2.09. The zero-order valence-corrected chi connectivity index (χ0v) is 18.0. The Morgan fingerprint density at radius 3 is 2.18 bits per heavy atom. The van der Waals surface area contributed by atoms with Crippen molar-refractivity contribution in [2.24, 2.45) is 0 Å². The lowest BCUT2D eigenvalue weighted by atomic mass is 9.97. The Morgan fingerprint density at radius 1 is 0.786 bits per heavy atom. The van der Waals surface area contributed by atoms with E-state index in [9.17, 15) is 5.11 Å². The fourth-order valence-corrected chi connectivity index (χ4v) is 4.75. The van der Waals surface area contributed by atoms with Gasteiger partial charge in [-0.2, -0.15) is 0 Å². The number of benzene rings is 2. The van der Waals surface area contributed by atoms with Gasteiger partial charge < -0.3 is 9.84 Å². The molecule has 0 saturated carbocycles. The Morgan fingerprint density at radius 2 is 1.43 bits per heavy atom. The van der Waals surface area contributed by atoms with Gasteiger partial charge in [0.2, 0.25) is 0 Å². The molecule has 0 bridgehead atoms. The molecule has 0 radical (unpaired) electrons. The lowest BCUT2D eigenvalue weighted by Gasteiger charge is -2.25. The van der Waals surface area contributed by atoms with Gasteiger partial charge in [0.25, 0.3) is 0 Å². The number of aliphatic hydroxyl groups is 1. The molecule has 1 aliphatic heterocycles. The summed E-state index contributed by atoms with van der Waals surface area (Å²) in [4.78, 5) is 1.22. The molecule has 0 aromatic heterocycles. The highest BCUT2D eigenvalue weighted by Gasteiger charge is 2.25. The number of thioether (sulfide) groups is 1. The van der Waals surface area contributed by atoms with Crippen molar-refractivity contribution in [1.82, 2.24) is 0 Å². The average molecular weight is 399 g/mol. The fraction of sp³-hybridized carbons (Fsp3) is 0.520. The first kappa shape index (κ1) is 21.3. The SMILES string of the molecule is CCCCCCCCCCCCSc1ccc2c(c1)C(O)c1ccccc1O2. The van der Waals surface area contributed by atoms with Gasteiger partial charge >= 0.3 is 0 Å². The number of para-hydroxylation sites is 1. The number of ether oxygens (including phenoxy) is 1. The van der Waals surface area contributed by atoms with Gasteiger partial charge in [0.15, 0.2) is 0 Å². The van der Waals surface area contributed by atoms with E-state index >= 15 is 0 Å². The predicted molar refractivity (Wildman–Crippen MR) is 120 cm³/mol. The number of unbranched alkanes of at least 4 members (excludes halogenated alkanes) is 9. The molecule has 0 spiro atoms. The zero-order chi connectivity index (χ0) is 19.6. The van der Waals surface area contributed by atoms with Crippen molar-refractivity contribution in [1.29, 1.82) is 0 Å². The highest BCUT2D eigenvalue weighted by molar-refractivity contribution is 7.99. The summed E-state index contributed by atoms with van der Waals surface area (Å²) in [5, 5.41) is 10.7. The molecule has 3 heteroatoms. The van der Waals surface area contributed by atoms with Crippen LogP contribution in [0, 0.1) is 0 Å². The van der Waals surface area contributed by atoms with E-state index < -0.39 is 6.10 Å². The lowest BCUT2D eigenvalue weighted by molar-refractivity contribution is 0.202. The van der Waals surface area contributed by atoms with E-state index in [1.165, 1.54) is 69.1 Å². The molecule has 2 aromatic rings. The molecule has 152 valence electrons. The maximum absolute atomic E-state index is 10.7. The molecule has 1 heterocycles. The van der Waals surface area contributed by atoms with Crippen molar-refractivity contribution in [2.75, 3.05) is 5.75 Å². The first-order chi connectivity index (χ1) is 13.8. The van der Waals surface area contributed by atoms with Gasteiger partial charge in [-0.1, -0.05) is 82.9 Å². The summed E-state index contributed by atoms with van der Waals surface area (Å²) in [5.41, 5.74) is 1.73. The van der Waals surface area contributed by atoms with Gasteiger partial charge in [0, 0.05) is 16.0 Å². The predicted octanol–water partition coefficient (Wildman–Crippen LogP) is 7.89. The molecule has 0 amide bonds. The van der Waals surface area contributed by atoms with Crippen molar-refractivity contribution in [3.8, 4) is 11.5 Å². The third-order valence-electron chi connectivity index (χ3n) is 5.48. The van der Waals surface area contributed by atoms with Crippen molar-refractivity contribution in [3.63, 3.8) is 0 Å². The van der Waals surface area contributed by atoms with Crippen molar-refractivity contribution < 1.29 is 9.84 Å². The van der Waals surface area contributed by atoms with Gasteiger partial charge in [-0.25, -0.2) is 0 Å². The van der Waals surface area contributed by atoms with Crippen LogP contribution in [0.15, 0.2) is 47.4 Å². The largest absolute Gasteiger partial charge is 0.457 e. The van der Waals surface area contributed by atoms with E-state index in [1.807, 2.05) is 42.1 Å². The maximum atomic E-state index is 10.7. The Hall–Kier alpha value is -1.45. The second-order valence-corrected chi connectivity index (χ2v) is 8.94. The van der Waals surface area contributed by atoms with Crippen LogP contribution in [0.1, 0.15) is 88.4 Å². The summed E-state index contributed by atoms with van der Waals surface area (Å²) in [6.07, 6.45) is 13.1. The number of fused-ring (bicyclic) bond motifs is 2. The number of hydrogen-bond donors (Lipinski definition) is 1. The minimum absolute atomic E-state index is 0.599.